The average molecular weight is 284 g/mol. The molecule has 2 atom stereocenters. The fourth-order valence-corrected chi connectivity index (χ4v) is 2.41. The van der Waals surface area contributed by atoms with Crippen molar-refractivity contribution >= 4 is 18.3 Å². The Kier molecular flexibility index (Phi) is 6.25. The van der Waals surface area contributed by atoms with Crippen LogP contribution in [0, 0.1) is 5.92 Å². The van der Waals surface area contributed by atoms with Crippen LogP contribution in [0.2, 0.25) is 0 Å². The highest BCUT2D eigenvalue weighted by Gasteiger charge is 2.26. The number of likely N-dealkylation sites (N-methyl/N-ethyl adjacent to an activating group) is 1. The number of halogens is 1. The molecule has 0 aromatic carbocycles. The lowest BCUT2D eigenvalue weighted by Gasteiger charge is -2.30. The molecular formula is C14H22ClN3O. The Labute approximate surface area is 121 Å². The van der Waals surface area contributed by atoms with Crippen LogP contribution in [0.25, 0.3) is 0 Å². The van der Waals surface area contributed by atoms with Crippen LogP contribution in [-0.2, 0) is 11.3 Å². The smallest absolute Gasteiger partial charge is 0.239 e. The van der Waals surface area contributed by atoms with Gasteiger partial charge in [0, 0.05) is 26.0 Å². The van der Waals surface area contributed by atoms with Gasteiger partial charge in [-0.05, 0) is 36.9 Å². The number of nitrogens with zero attached hydrogens (tertiary/aromatic N) is 2. The van der Waals surface area contributed by atoms with Crippen molar-refractivity contribution in [3.8, 4) is 0 Å². The molecule has 0 aliphatic carbocycles. The zero-order valence-electron chi connectivity index (χ0n) is 11.5. The van der Waals surface area contributed by atoms with Crippen LogP contribution in [0.5, 0.6) is 0 Å². The largest absolute Gasteiger partial charge is 0.340 e. The van der Waals surface area contributed by atoms with Crippen molar-refractivity contribution in [3.63, 3.8) is 0 Å². The summed E-state index contributed by atoms with van der Waals surface area (Å²) < 4.78 is 0. The summed E-state index contributed by atoms with van der Waals surface area (Å²) >= 11 is 0. The van der Waals surface area contributed by atoms with Gasteiger partial charge in [-0.3, -0.25) is 9.78 Å². The molecule has 0 bridgehead atoms. The van der Waals surface area contributed by atoms with E-state index in [0.717, 1.165) is 24.9 Å². The van der Waals surface area contributed by atoms with Crippen molar-refractivity contribution < 1.29 is 4.79 Å². The number of amides is 1. The minimum Gasteiger partial charge on any atom is -0.340 e. The topological polar surface area (TPSA) is 45.2 Å². The molecular weight excluding hydrogens is 262 g/mol. The lowest BCUT2D eigenvalue weighted by atomic mass is 9.93. The van der Waals surface area contributed by atoms with E-state index in [1.54, 1.807) is 17.3 Å². The maximum absolute atomic E-state index is 12.3. The summed E-state index contributed by atoms with van der Waals surface area (Å²) in [6.07, 6.45) is 5.66. The normalized spacial score (nSPS) is 22.4. The minimum atomic E-state index is -0.0181. The third-order valence-corrected chi connectivity index (χ3v) is 3.48. The number of nitrogens with one attached hydrogen (secondary N) is 1. The van der Waals surface area contributed by atoms with E-state index in [-0.39, 0.29) is 24.4 Å². The van der Waals surface area contributed by atoms with Gasteiger partial charge in [0.25, 0.3) is 0 Å². The van der Waals surface area contributed by atoms with Crippen molar-refractivity contribution in [2.45, 2.75) is 32.4 Å². The van der Waals surface area contributed by atoms with Crippen LogP contribution >= 0.6 is 12.4 Å². The first-order valence-corrected chi connectivity index (χ1v) is 6.54. The summed E-state index contributed by atoms with van der Waals surface area (Å²) in [6.45, 7) is 3.78. The molecule has 2 rings (SSSR count). The van der Waals surface area contributed by atoms with Gasteiger partial charge >= 0.3 is 0 Å². The molecule has 2 unspecified atom stereocenters. The summed E-state index contributed by atoms with van der Waals surface area (Å²) in [5.41, 5.74) is 1.07. The zero-order chi connectivity index (χ0) is 13.0. The van der Waals surface area contributed by atoms with E-state index < -0.39 is 0 Å². The molecule has 1 aromatic heterocycles. The second-order valence-corrected chi connectivity index (χ2v) is 5.19. The monoisotopic (exact) mass is 283 g/mol. The van der Waals surface area contributed by atoms with Gasteiger partial charge in [-0.1, -0.05) is 13.0 Å². The van der Waals surface area contributed by atoms with Crippen LogP contribution in [0.15, 0.2) is 24.5 Å². The third-order valence-electron chi connectivity index (χ3n) is 3.48. The van der Waals surface area contributed by atoms with Crippen LogP contribution in [0.1, 0.15) is 25.3 Å². The molecule has 19 heavy (non-hydrogen) atoms. The molecule has 1 fully saturated rings. The van der Waals surface area contributed by atoms with Crippen molar-refractivity contribution in [2.75, 3.05) is 13.6 Å². The van der Waals surface area contributed by atoms with Crippen LogP contribution in [0.4, 0.5) is 0 Å². The number of pyridine rings is 1. The summed E-state index contributed by atoms with van der Waals surface area (Å²) in [7, 11) is 1.86. The first kappa shape index (κ1) is 15.9. The van der Waals surface area contributed by atoms with E-state index in [9.17, 15) is 4.79 Å². The maximum atomic E-state index is 12.3. The average Bonchev–Trinajstić information content (AvgIpc) is 2.39. The summed E-state index contributed by atoms with van der Waals surface area (Å²) in [6, 6.07) is 3.87. The van der Waals surface area contributed by atoms with Crippen molar-refractivity contribution in [3.05, 3.63) is 30.1 Å². The van der Waals surface area contributed by atoms with Gasteiger partial charge in [0.15, 0.2) is 0 Å². The molecule has 2 heterocycles. The second kappa shape index (κ2) is 7.46. The quantitative estimate of drug-likeness (QED) is 0.921. The predicted octanol–water partition coefficient (Wildman–Crippen LogP) is 1.85. The third kappa shape index (κ3) is 4.48. The predicted molar refractivity (Wildman–Crippen MR) is 78.1 cm³/mol. The highest BCUT2D eigenvalue weighted by atomic mass is 35.5. The molecule has 0 radical (unpaired) electrons. The Morgan fingerprint density at radius 2 is 2.37 bits per heavy atom. The van der Waals surface area contributed by atoms with E-state index in [2.05, 4.69) is 17.2 Å². The first-order chi connectivity index (χ1) is 8.66. The molecule has 1 aliphatic heterocycles. The number of piperidine rings is 1. The van der Waals surface area contributed by atoms with E-state index in [4.69, 9.17) is 0 Å². The highest BCUT2D eigenvalue weighted by Crippen LogP contribution is 2.16. The van der Waals surface area contributed by atoms with Gasteiger partial charge in [-0.25, -0.2) is 0 Å². The number of carbonyl (C=O) groups is 1. The molecule has 1 aromatic rings. The fraction of sp³-hybridized carbons (Fsp3) is 0.571. The van der Waals surface area contributed by atoms with Crippen LogP contribution in [0.3, 0.4) is 0 Å². The van der Waals surface area contributed by atoms with E-state index in [0.29, 0.717) is 12.5 Å². The molecule has 0 spiro atoms. The Balaban J connectivity index is 0.00000180. The Morgan fingerprint density at radius 3 is 3.00 bits per heavy atom. The number of hydrogen-bond acceptors (Lipinski definition) is 3. The minimum absolute atomic E-state index is 0. The van der Waals surface area contributed by atoms with E-state index in [1.807, 2.05) is 19.2 Å². The number of rotatable bonds is 3. The number of carbonyl (C=O) groups excluding carboxylic acids is 1. The van der Waals surface area contributed by atoms with Crippen molar-refractivity contribution in [1.82, 2.24) is 15.2 Å². The molecule has 1 N–H and O–H groups in total. The van der Waals surface area contributed by atoms with Gasteiger partial charge in [0.1, 0.15) is 0 Å². The lowest BCUT2D eigenvalue weighted by Crippen LogP contribution is -2.48. The van der Waals surface area contributed by atoms with Crippen LogP contribution in [-0.4, -0.2) is 35.4 Å². The first-order valence-electron chi connectivity index (χ1n) is 6.54. The fourth-order valence-electron chi connectivity index (χ4n) is 2.41. The van der Waals surface area contributed by atoms with Crippen LogP contribution < -0.4 is 5.32 Å². The Morgan fingerprint density at radius 1 is 1.58 bits per heavy atom. The number of hydrogen-bond donors (Lipinski definition) is 1. The van der Waals surface area contributed by atoms with Gasteiger partial charge < -0.3 is 10.2 Å². The molecule has 1 amide bonds. The Bertz CT molecular complexity index is 399. The maximum Gasteiger partial charge on any atom is 0.239 e. The van der Waals surface area contributed by atoms with E-state index >= 15 is 0 Å². The highest BCUT2D eigenvalue weighted by molar-refractivity contribution is 5.85. The van der Waals surface area contributed by atoms with E-state index in [1.165, 1.54) is 0 Å². The zero-order valence-corrected chi connectivity index (χ0v) is 12.3. The molecule has 1 saturated heterocycles. The van der Waals surface area contributed by atoms with Gasteiger partial charge in [-0.15, -0.1) is 12.4 Å². The molecule has 106 valence electrons. The SMILES string of the molecule is CC1CCNC(C(=O)N(C)Cc2cccnc2)C1.Cl. The van der Waals surface area contributed by atoms with Gasteiger partial charge in [-0.2, -0.15) is 0 Å². The summed E-state index contributed by atoms with van der Waals surface area (Å²) in [5, 5.41) is 3.31. The number of aromatic nitrogens is 1. The standard InChI is InChI=1S/C14H21N3O.ClH/c1-11-5-7-16-13(8-11)14(18)17(2)10-12-4-3-6-15-9-12;/h3-4,6,9,11,13,16H,5,7-8,10H2,1-2H3;1H. The molecule has 4 nitrogen and oxygen atoms in total. The van der Waals surface area contributed by atoms with Crippen molar-refractivity contribution in [2.24, 2.45) is 5.92 Å². The molecule has 1 aliphatic rings. The van der Waals surface area contributed by atoms with Gasteiger partial charge in [0.05, 0.1) is 6.04 Å². The molecule has 0 saturated carbocycles. The Hall–Kier alpha value is -1.13. The van der Waals surface area contributed by atoms with Gasteiger partial charge in [0.2, 0.25) is 5.91 Å². The van der Waals surface area contributed by atoms with Crippen molar-refractivity contribution in [1.29, 1.82) is 0 Å². The lowest BCUT2D eigenvalue weighted by molar-refractivity contribution is -0.133. The second-order valence-electron chi connectivity index (χ2n) is 5.19. The summed E-state index contributed by atoms with van der Waals surface area (Å²) in [4.78, 5) is 18.1. The summed E-state index contributed by atoms with van der Waals surface area (Å²) in [5.74, 6) is 0.817. The molecule has 5 heteroatoms.